The number of nitrogens with one attached hydrogen (secondary N) is 1. The number of aryl methyl sites for hydroxylation is 1. The van der Waals surface area contributed by atoms with E-state index in [-0.39, 0.29) is 0 Å². The topological polar surface area (TPSA) is 42.7 Å². The summed E-state index contributed by atoms with van der Waals surface area (Å²) in [6, 6.07) is 0. The van der Waals surface area contributed by atoms with Crippen LogP contribution in [0.4, 0.5) is 0 Å². The van der Waals surface area contributed by atoms with Crippen molar-refractivity contribution >= 4 is 0 Å². The summed E-state index contributed by atoms with van der Waals surface area (Å²) in [5.41, 5.74) is 0.663. The maximum atomic E-state index is 4.54. The summed E-state index contributed by atoms with van der Waals surface area (Å²) in [5.74, 6) is 3.60. The van der Waals surface area contributed by atoms with E-state index in [1.54, 1.807) is 0 Å². The molecule has 1 saturated heterocycles. The third kappa shape index (κ3) is 1.48. The Hall–Kier alpha value is -0.900. The first-order valence-corrected chi connectivity index (χ1v) is 7.33. The van der Waals surface area contributed by atoms with Crippen LogP contribution in [0.15, 0.2) is 6.33 Å². The first kappa shape index (κ1) is 11.0. The number of aromatic nitrogens is 3. The minimum absolute atomic E-state index is 0.654. The third-order valence-electron chi connectivity index (χ3n) is 5.69. The maximum absolute atomic E-state index is 4.54. The normalized spacial score (nSPS) is 39.8. The minimum atomic E-state index is 0.654. The number of hydrogen-bond acceptors (Lipinski definition) is 3. The number of hydrogen-bond donors (Lipinski definition) is 1. The molecule has 4 fully saturated rings. The van der Waals surface area contributed by atoms with Crippen molar-refractivity contribution in [3.05, 3.63) is 12.2 Å². The third-order valence-corrected chi connectivity index (χ3v) is 5.69. The van der Waals surface area contributed by atoms with Crippen LogP contribution in [0.5, 0.6) is 0 Å². The maximum Gasteiger partial charge on any atom is 0.153 e. The Balaban J connectivity index is 1.52. The first-order chi connectivity index (χ1) is 8.77. The predicted molar refractivity (Wildman–Crippen MR) is 69.1 cm³/mol. The van der Waals surface area contributed by atoms with Crippen LogP contribution < -0.4 is 5.32 Å². The average Bonchev–Trinajstić information content (AvgIpc) is 3.01. The van der Waals surface area contributed by atoms with Gasteiger partial charge in [-0.2, -0.15) is 5.10 Å². The molecule has 0 amide bonds. The van der Waals surface area contributed by atoms with Crippen molar-refractivity contribution in [3.8, 4) is 0 Å². The lowest BCUT2D eigenvalue weighted by molar-refractivity contribution is 0.0420. The summed E-state index contributed by atoms with van der Waals surface area (Å²) in [6.45, 7) is 2.45. The largest absolute Gasteiger partial charge is 0.317 e. The molecular weight excluding hydrogens is 224 g/mol. The van der Waals surface area contributed by atoms with Gasteiger partial charge in [-0.1, -0.05) is 0 Å². The van der Waals surface area contributed by atoms with Gasteiger partial charge in [0.15, 0.2) is 5.82 Å². The summed E-state index contributed by atoms with van der Waals surface area (Å²) < 4.78 is 1.85. The lowest BCUT2D eigenvalue weighted by Crippen LogP contribution is -2.41. The van der Waals surface area contributed by atoms with Gasteiger partial charge >= 0.3 is 0 Å². The van der Waals surface area contributed by atoms with E-state index in [9.17, 15) is 0 Å². The summed E-state index contributed by atoms with van der Waals surface area (Å²) >= 11 is 0. The monoisotopic (exact) mass is 246 g/mol. The van der Waals surface area contributed by atoms with E-state index in [2.05, 4.69) is 15.4 Å². The van der Waals surface area contributed by atoms with E-state index >= 15 is 0 Å². The predicted octanol–water partition coefficient (Wildman–Crippen LogP) is 1.70. The molecule has 1 aliphatic heterocycles. The zero-order chi connectivity index (χ0) is 12.2. The summed E-state index contributed by atoms with van der Waals surface area (Å²) in [5, 5.41) is 8.03. The highest BCUT2D eigenvalue weighted by molar-refractivity contribution is 5.17. The van der Waals surface area contributed by atoms with Crippen molar-refractivity contribution in [3.63, 3.8) is 0 Å². The van der Waals surface area contributed by atoms with E-state index in [1.807, 2.05) is 18.1 Å². The molecule has 1 atom stereocenters. The first-order valence-electron chi connectivity index (χ1n) is 7.33. The van der Waals surface area contributed by atoms with Crippen molar-refractivity contribution in [2.45, 2.75) is 38.0 Å². The molecule has 1 N–H and O–H groups in total. The molecule has 5 rings (SSSR count). The van der Waals surface area contributed by atoms with Crippen molar-refractivity contribution in [2.24, 2.45) is 24.3 Å². The second-order valence-corrected chi connectivity index (χ2v) is 6.64. The van der Waals surface area contributed by atoms with Crippen LogP contribution in [0, 0.1) is 17.3 Å². The summed E-state index contributed by atoms with van der Waals surface area (Å²) in [6.07, 6.45) is 8.86. The zero-order valence-corrected chi connectivity index (χ0v) is 11.1. The molecule has 4 aliphatic rings. The van der Waals surface area contributed by atoms with Crippen LogP contribution in [0.2, 0.25) is 0 Å². The van der Waals surface area contributed by atoms with Crippen LogP contribution in [-0.4, -0.2) is 27.9 Å². The smallest absolute Gasteiger partial charge is 0.153 e. The van der Waals surface area contributed by atoms with Gasteiger partial charge in [0.2, 0.25) is 0 Å². The molecule has 0 radical (unpaired) electrons. The summed E-state index contributed by atoms with van der Waals surface area (Å²) in [7, 11) is 1.97. The molecule has 1 aromatic rings. The second-order valence-electron chi connectivity index (χ2n) is 6.64. The number of piperidine rings is 1. The minimum Gasteiger partial charge on any atom is -0.317 e. The molecular formula is C14H22N4. The molecule has 0 spiro atoms. The van der Waals surface area contributed by atoms with Gasteiger partial charge in [0.25, 0.3) is 0 Å². The Labute approximate surface area is 108 Å². The standard InChI is InChI=1S/C14H22N4/c1-18-9-16-13(17-18)12-8-14(6-10(12)7-14)11-2-4-15-5-3-11/h9-12,15H,2-8H2,1H3. The van der Waals surface area contributed by atoms with Gasteiger partial charge in [-0.05, 0) is 62.4 Å². The fourth-order valence-corrected chi connectivity index (χ4v) is 4.80. The Kier molecular flexibility index (Phi) is 2.31. The Bertz CT molecular complexity index is 440. The van der Waals surface area contributed by atoms with Gasteiger partial charge in [-0.25, -0.2) is 4.98 Å². The molecule has 4 nitrogen and oxygen atoms in total. The highest BCUT2D eigenvalue weighted by atomic mass is 15.3. The number of fused-ring (bicyclic) bond motifs is 1. The quantitative estimate of drug-likeness (QED) is 0.863. The van der Waals surface area contributed by atoms with E-state index in [4.69, 9.17) is 0 Å². The molecule has 4 heteroatoms. The van der Waals surface area contributed by atoms with Crippen LogP contribution in [-0.2, 0) is 7.05 Å². The number of nitrogens with zero attached hydrogens (tertiary/aromatic N) is 3. The van der Waals surface area contributed by atoms with E-state index < -0.39 is 0 Å². The molecule has 1 aromatic heterocycles. The van der Waals surface area contributed by atoms with E-state index in [0.29, 0.717) is 11.3 Å². The lowest BCUT2D eigenvalue weighted by Gasteiger charge is -2.46. The second kappa shape index (κ2) is 3.80. The van der Waals surface area contributed by atoms with Gasteiger partial charge in [-0.15, -0.1) is 0 Å². The van der Waals surface area contributed by atoms with Crippen molar-refractivity contribution in [1.82, 2.24) is 20.1 Å². The average molecular weight is 246 g/mol. The lowest BCUT2D eigenvalue weighted by atomic mass is 9.60. The molecule has 3 aliphatic carbocycles. The molecule has 18 heavy (non-hydrogen) atoms. The highest BCUT2D eigenvalue weighted by Crippen LogP contribution is 2.68. The van der Waals surface area contributed by atoms with Crippen LogP contribution in [0.1, 0.15) is 43.8 Å². The molecule has 0 aromatic carbocycles. The van der Waals surface area contributed by atoms with Crippen molar-refractivity contribution < 1.29 is 0 Å². The zero-order valence-electron chi connectivity index (χ0n) is 11.1. The van der Waals surface area contributed by atoms with E-state index in [1.165, 1.54) is 45.2 Å². The Morgan fingerprint density at radius 3 is 2.72 bits per heavy atom. The van der Waals surface area contributed by atoms with Gasteiger partial charge in [-0.3, -0.25) is 4.68 Å². The molecule has 2 heterocycles. The highest BCUT2D eigenvalue weighted by Gasteiger charge is 2.60. The molecule has 98 valence electrons. The van der Waals surface area contributed by atoms with E-state index in [0.717, 1.165) is 17.7 Å². The van der Waals surface area contributed by atoms with Crippen molar-refractivity contribution in [1.29, 1.82) is 0 Å². The van der Waals surface area contributed by atoms with Gasteiger partial charge in [0.1, 0.15) is 6.33 Å². The van der Waals surface area contributed by atoms with Crippen molar-refractivity contribution in [2.75, 3.05) is 13.1 Å². The van der Waals surface area contributed by atoms with Gasteiger partial charge in [0.05, 0.1) is 0 Å². The molecule has 3 saturated carbocycles. The van der Waals surface area contributed by atoms with Crippen LogP contribution in [0.25, 0.3) is 0 Å². The van der Waals surface area contributed by atoms with Gasteiger partial charge in [0, 0.05) is 13.0 Å². The van der Waals surface area contributed by atoms with Gasteiger partial charge < -0.3 is 5.32 Å². The Morgan fingerprint density at radius 2 is 2.06 bits per heavy atom. The van der Waals surface area contributed by atoms with Crippen LogP contribution >= 0.6 is 0 Å². The summed E-state index contributed by atoms with van der Waals surface area (Å²) in [4.78, 5) is 4.49. The fourth-order valence-electron chi connectivity index (χ4n) is 4.80. The number of rotatable bonds is 2. The fraction of sp³-hybridized carbons (Fsp3) is 0.857. The molecule has 1 unspecified atom stereocenters. The SMILES string of the molecule is Cn1cnc(C2CC3(C4CCNCC4)CC2C3)n1. The molecule has 2 bridgehead atoms. The Morgan fingerprint density at radius 1 is 1.28 bits per heavy atom. The van der Waals surface area contributed by atoms with Crippen LogP contribution in [0.3, 0.4) is 0 Å².